The van der Waals surface area contributed by atoms with E-state index >= 15 is 0 Å². The minimum absolute atomic E-state index is 0.241. The average Bonchev–Trinajstić information content (AvgIpc) is 2.24. The lowest BCUT2D eigenvalue weighted by molar-refractivity contribution is -0.132. The van der Waals surface area contributed by atoms with Gasteiger partial charge in [-0.3, -0.25) is 4.79 Å². The monoisotopic (exact) mass is 255 g/mol. The molecule has 0 radical (unpaired) electrons. The van der Waals surface area contributed by atoms with E-state index in [1.54, 1.807) is 6.92 Å². The first-order valence-electron chi connectivity index (χ1n) is 7.30. The molecule has 1 saturated carbocycles. The summed E-state index contributed by atoms with van der Waals surface area (Å²) >= 11 is 0. The van der Waals surface area contributed by atoms with Gasteiger partial charge in [0.15, 0.2) is 0 Å². The molecule has 106 valence electrons. The number of carbonyl (C=O) groups is 1. The zero-order chi connectivity index (χ0) is 13.6. The van der Waals surface area contributed by atoms with E-state index in [1.165, 1.54) is 0 Å². The molecule has 0 spiro atoms. The molecule has 0 unspecified atom stereocenters. The van der Waals surface area contributed by atoms with E-state index < -0.39 is 0 Å². The molecule has 2 N–H and O–H groups in total. The fourth-order valence-corrected chi connectivity index (χ4v) is 2.76. The Hall–Kier alpha value is -0.410. The van der Waals surface area contributed by atoms with Gasteiger partial charge in [-0.1, -0.05) is 26.7 Å². The summed E-state index contributed by atoms with van der Waals surface area (Å²) in [5, 5.41) is 0. The van der Waals surface area contributed by atoms with Crippen molar-refractivity contribution in [1.29, 1.82) is 0 Å². The first-order chi connectivity index (χ1) is 8.46. The van der Waals surface area contributed by atoms with Crippen molar-refractivity contribution in [3.8, 4) is 0 Å². The van der Waals surface area contributed by atoms with Crippen LogP contribution >= 0.6 is 0 Å². The molecule has 3 nitrogen and oxygen atoms in total. The maximum absolute atomic E-state index is 12.0. The number of hydrogen-bond acceptors (Lipinski definition) is 3. The maximum Gasteiger partial charge on any atom is 0.138 e. The van der Waals surface area contributed by atoms with Crippen LogP contribution in [0, 0.1) is 11.3 Å². The number of carbonyl (C=O) groups excluding carboxylic acids is 1. The number of ketones is 1. The second-order valence-corrected chi connectivity index (χ2v) is 6.29. The lowest BCUT2D eigenvalue weighted by Gasteiger charge is -2.34. The van der Waals surface area contributed by atoms with E-state index in [1.807, 2.05) is 0 Å². The Bertz CT molecular complexity index is 253. The molecule has 1 rings (SSSR count). The zero-order valence-corrected chi connectivity index (χ0v) is 12.2. The zero-order valence-electron chi connectivity index (χ0n) is 12.2. The van der Waals surface area contributed by atoms with Crippen molar-refractivity contribution in [1.82, 2.24) is 0 Å². The van der Waals surface area contributed by atoms with E-state index in [4.69, 9.17) is 10.5 Å². The molecule has 1 aliphatic rings. The number of Topliss-reactive ketones (excluding diaryl/α,β-unsaturated/α-hetero) is 1. The van der Waals surface area contributed by atoms with Crippen LogP contribution in [0.3, 0.4) is 0 Å². The molecule has 0 aromatic carbocycles. The highest BCUT2D eigenvalue weighted by Gasteiger charge is 2.36. The third-order valence-corrected chi connectivity index (χ3v) is 4.04. The summed E-state index contributed by atoms with van der Waals surface area (Å²) in [5.41, 5.74) is 5.75. The topological polar surface area (TPSA) is 52.3 Å². The minimum Gasteiger partial charge on any atom is -0.380 e. The highest BCUT2D eigenvalue weighted by molar-refractivity contribution is 5.82. The molecule has 0 atom stereocenters. The van der Waals surface area contributed by atoms with E-state index in [0.717, 1.165) is 45.1 Å². The Morgan fingerprint density at radius 1 is 1.33 bits per heavy atom. The van der Waals surface area contributed by atoms with Crippen LogP contribution in [0.5, 0.6) is 0 Å². The van der Waals surface area contributed by atoms with Gasteiger partial charge in [0.25, 0.3) is 0 Å². The van der Waals surface area contributed by atoms with Crippen LogP contribution < -0.4 is 5.73 Å². The first kappa shape index (κ1) is 15.6. The summed E-state index contributed by atoms with van der Waals surface area (Å²) in [6.45, 7) is 7.33. The fourth-order valence-electron chi connectivity index (χ4n) is 2.76. The molecule has 0 saturated heterocycles. The van der Waals surface area contributed by atoms with Gasteiger partial charge in [0.1, 0.15) is 5.78 Å². The smallest absolute Gasteiger partial charge is 0.138 e. The molecule has 1 aliphatic carbocycles. The number of ether oxygens (including phenoxy) is 1. The van der Waals surface area contributed by atoms with Crippen molar-refractivity contribution >= 4 is 5.78 Å². The molecule has 0 bridgehead atoms. The Balaban J connectivity index is 2.58. The van der Waals surface area contributed by atoms with E-state index in [9.17, 15) is 4.79 Å². The maximum atomic E-state index is 12.0. The molecule has 18 heavy (non-hydrogen) atoms. The van der Waals surface area contributed by atoms with Crippen molar-refractivity contribution in [2.75, 3.05) is 13.2 Å². The van der Waals surface area contributed by atoms with Gasteiger partial charge < -0.3 is 10.5 Å². The Morgan fingerprint density at radius 2 is 1.89 bits per heavy atom. The summed E-state index contributed by atoms with van der Waals surface area (Å²) < 4.78 is 5.77. The predicted octanol–water partition coefficient (Wildman–Crippen LogP) is 2.92. The third-order valence-electron chi connectivity index (χ3n) is 4.04. The van der Waals surface area contributed by atoms with Crippen molar-refractivity contribution < 1.29 is 9.53 Å². The Labute approximate surface area is 111 Å². The van der Waals surface area contributed by atoms with Gasteiger partial charge in [-0.2, -0.15) is 0 Å². The summed E-state index contributed by atoms with van der Waals surface area (Å²) in [4.78, 5) is 12.0. The van der Waals surface area contributed by atoms with Crippen LogP contribution in [-0.4, -0.2) is 25.0 Å². The number of nitrogens with two attached hydrogens (primary N) is 1. The summed E-state index contributed by atoms with van der Waals surface area (Å²) in [6.07, 6.45) is 6.05. The molecule has 0 heterocycles. The van der Waals surface area contributed by atoms with Gasteiger partial charge in [-0.15, -0.1) is 0 Å². The van der Waals surface area contributed by atoms with Gasteiger partial charge in [-0.25, -0.2) is 0 Å². The largest absolute Gasteiger partial charge is 0.380 e. The second kappa shape index (κ2) is 7.25. The van der Waals surface area contributed by atoms with E-state index in [2.05, 4.69) is 13.8 Å². The number of rotatable bonds is 5. The van der Waals surface area contributed by atoms with Crippen LogP contribution in [0.4, 0.5) is 0 Å². The highest BCUT2D eigenvalue weighted by Crippen LogP contribution is 2.35. The SMILES string of the molecule is CC(=O)C1(COCC(C)C)CCCC(N)CCC1. The fraction of sp³-hybridized carbons (Fsp3) is 0.933. The van der Waals surface area contributed by atoms with Gasteiger partial charge in [0, 0.05) is 12.6 Å². The van der Waals surface area contributed by atoms with Crippen molar-refractivity contribution in [3.63, 3.8) is 0 Å². The summed E-state index contributed by atoms with van der Waals surface area (Å²) in [6, 6.07) is 0.326. The normalized spacial score (nSPS) is 29.9. The van der Waals surface area contributed by atoms with Gasteiger partial charge >= 0.3 is 0 Å². The van der Waals surface area contributed by atoms with Crippen LogP contribution in [-0.2, 0) is 9.53 Å². The molecule has 0 aromatic rings. The predicted molar refractivity (Wildman–Crippen MR) is 74.4 cm³/mol. The standard InChI is InChI=1S/C15H29NO2/c1-12(2)10-18-11-15(13(3)17)8-4-6-14(16)7-5-9-15/h12,14H,4-11,16H2,1-3H3. The molecule has 0 aliphatic heterocycles. The van der Waals surface area contributed by atoms with Crippen molar-refractivity contribution in [2.45, 2.75) is 65.3 Å². The third kappa shape index (κ3) is 4.69. The van der Waals surface area contributed by atoms with Crippen molar-refractivity contribution in [2.24, 2.45) is 17.1 Å². The van der Waals surface area contributed by atoms with Crippen LogP contribution in [0.2, 0.25) is 0 Å². The Morgan fingerprint density at radius 3 is 2.33 bits per heavy atom. The molecular weight excluding hydrogens is 226 g/mol. The minimum atomic E-state index is -0.241. The highest BCUT2D eigenvalue weighted by atomic mass is 16.5. The van der Waals surface area contributed by atoms with E-state index in [0.29, 0.717) is 24.3 Å². The summed E-state index contributed by atoms with van der Waals surface area (Å²) in [5.74, 6) is 0.817. The molecule has 1 fully saturated rings. The van der Waals surface area contributed by atoms with E-state index in [-0.39, 0.29) is 5.41 Å². The van der Waals surface area contributed by atoms with Gasteiger partial charge in [0.2, 0.25) is 0 Å². The van der Waals surface area contributed by atoms with Crippen LogP contribution in [0.1, 0.15) is 59.3 Å². The Kier molecular flexibility index (Phi) is 6.30. The molecular formula is C15H29NO2. The lowest BCUT2D eigenvalue weighted by atomic mass is 9.73. The van der Waals surface area contributed by atoms with Crippen molar-refractivity contribution in [3.05, 3.63) is 0 Å². The van der Waals surface area contributed by atoms with Gasteiger partial charge in [-0.05, 0) is 38.5 Å². The van der Waals surface area contributed by atoms with Gasteiger partial charge in [0.05, 0.1) is 12.0 Å². The second-order valence-electron chi connectivity index (χ2n) is 6.29. The van der Waals surface area contributed by atoms with Crippen LogP contribution in [0.15, 0.2) is 0 Å². The molecule has 0 aromatic heterocycles. The molecule has 0 amide bonds. The summed E-state index contributed by atoms with van der Waals surface area (Å²) in [7, 11) is 0. The number of hydrogen-bond donors (Lipinski definition) is 1. The van der Waals surface area contributed by atoms with Crippen LogP contribution in [0.25, 0.3) is 0 Å². The lowest BCUT2D eigenvalue weighted by Crippen LogP contribution is -2.37. The average molecular weight is 255 g/mol. The quantitative estimate of drug-likeness (QED) is 0.821. The molecule has 3 heteroatoms. The first-order valence-corrected chi connectivity index (χ1v) is 7.30.